The molecule has 1 aromatic rings. The van der Waals surface area contributed by atoms with E-state index in [1.54, 1.807) is 13.8 Å². The van der Waals surface area contributed by atoms with Crippen LogP contribution in [-0.2, 0) is 0 Å². The topological polar surface area (TPSA) is 66.0 Å². The molecule has 0 fully saturated rings. The third-order valence-electron chi connectivity index (χ3n) is 1.93. The number of hydrogen-bond donors (Lipinski definition) is 1. The van der Waals surface area contributed by atoms with Crippen LogP contribution in [0.3, 0.4) is 0 Å². The highest BCUT2D eigenvalue weighted by molar-refractivity contribution is 5.94. The molecule has 0 aliphatic heterocycles. The number of nitrogens with zero attached hydrogens (tertiary/aromatic N) is 1. The van der Waals surface area contributed by atoms with Crippen LogP contribution in [0.1, 0.15) is 27.4 Å². The average molecular weight is 178 g/mol. The Morgan fingerprint density at radius 1 is 1.54 bits per heavy atom. The summed E-state index contributed by atoms with van der Waals surface area (Å²) in [6.45, 7) is 3.48. The first-order chi connectivity index (χ1) is 6.11. The van der Waals surface area contributed by atoms with Crippen molar-refractivity contribution in [3.8, 4) is 6.07 Å². The molecular weight excluding hydrogens is 168 g/mol. The predicted molar refractivity (Wildman–Crippen MR) is 46.3 cm³/mol. The molecule has 1 aromatic heterocycles. The molecule has 0 radical (unpaired) electrons. The van der Waals surface area contributed by atoms with Gasteiger partial charge in [-0.2, -0.15) is 5.26 Å². The number of nitrogens with one attached hydrogen (secondary N) is 1. The van der Waals surface area contributed by atoms with Gasteiger partial charge in [0.1, 0.15) is 17.4 Å². The normalized spacial score (nSPS) is 9.38. The third kappa shape index (κ3) is 1.41. The number of hydrogen-bond acceptors (Lipinski definition) is 3. The Balaban J connectivity index is 3.31. The summed E-state index contributed by atoms with van der Waals surface area (Å²) in [4.78, 5) is 11.2. The number of carbonyl (C=O) groups is 1. The van der Waals surface area contributed by atoms with E-state index in [1.165, 1.54) is 7.05 Å². The van der Waals surface area contributed by atoms with Crippen LogP contribution < -0.4 is 5.32 Å². The van der Waals surface area contributed by atoms with Gasteiger partial charge in [-0.3, -0.25) is 4.79 Å². The molecule has 4 nitrogen and oxygen atoms in total. The summed E-state index contributed by atoms with van der Waals surface area (Å²) in [5.41, 5.74) is 1.04. The second-order valence-corrected chi connectivity index (χ2v) is 2.68. The van der Waals surface area contributed by atoms with Crippen LogP contribution >= 0.6 is 0 Å². The van der Waals surface area contributed by atoms with E-state index in [4.69, 9.17) is 9.68 Å². The number of rotatable bonds is 1. The third-order valence-corrected chi connectivity index (χ3v) is 1.93. The summed E-state index contributed by atoms with van der Waals surface area (Å²) in [7, 11) is 1.50. The van der Waals surface area contributed by atoms with Crippen molar-refractivity contribution in [1.29, 1.82) is 5.26 Å². The van der Waals surface area contributed by atoms with Crippen molar-refractivity contribution in [2.45, 2.75) is 13.8 Å². The minimum Gasteiger partial charge on any atom is -0.454 e. The van der Waals surface area contributed by atoms with Crippen molar-refractivity contribution in [3.05, 3.63) is 22.6 Å². The van der Waals surface area contributed by atoms with Crippen LogP contribution in [0.25, 0.3) is 0 Å². The number of nitriles is 1. The molecule has 4 heteroatoms. The fourth-order valence-electron chi connectivity index (χ4n) is 1.04. The maximum atomic E-state index is 11.2. The molecule has 0 unspecified atom stereocenters. The molecule has 1 amide bonds. The molecule has 0 spiro atoms. The highest BCUT2D eigenvalue weighted by Gasteiger charge is 2.19. The standard InChI is InChI=1S/C9H10N2O2/c1-5-6(2)13-8(7(5)4-10)9(12)11-3/h1-3H3,(H,11,12). The van der Waals surface area contributed by atoms with Crippen LogP contribution in [0, 0.1) is 25.2 Å². The van der Waals surface area contributed by atoms with Gasteiger partial charge in [-0.1, -0.05) is 0 Å². The zero-order valence-electron chi connectivity index (χ0n) is 7.76. The molecule has 0 bridgehead atoms. The van der Waals surface area contributed by atoms with Crippen molar-refractivity contribution in [2.24, 2.45) is 0 Å². The highest BCUT2D eigenvalue weighted by Crippen LogP contribution is 2.20. The van der Waals surface area contributed by atoms with Gasteiger partial charge in [0.25, 0.3) is 5.91 Å². The first-order valence-electron chi connectivity index (χ1n) is 3.84. The number of carbonyl (C=O) groups excluding carboxylic acids is 1. The van der Waals surface area contributed by atoms with E-state index in [0.717, 1.165) is 5.56 Å². The minimum atomic E-state index is -0.368. The molecule has 0 aromatic carbocycles. The number of aryl methyl sites for hydroxylation is 1. The molecule has 68 valence electrons. The highest BCUT2D eigenvalue weighted by atomic mass is 16.4. The maximum absolute atomic E-state index is 11.2. The van der Waals surface area contributed by atoms with Gasteiger partial charge in [0.05, 0.1) is 0 Å². The van der Waals surface area contributed by atoms with E-state index >= 15 is 0 Å². The lowest BCUT2D eigenvalue weighted by atomic mass is 10.1. The van der Waals surface area contributed by atoms with Crippen LogP contribution in [0.5, 0.6) is 0 Å². The smallest absolute Gasteiger partial charge is 0.288 e. The van der Waals surface area contributed by atoms with Crippen LogP contribution in [0.2, 0.25) is 0 Å². The van der Waals surface area contributed by atoms with Gasteiger partial charge in [0.15, 0.2) is 0 Å². The molecule has 0 saturated heterocycles. The van der Waals surface area contributed by atoms with Crippen molar-refractivity contribution >= 4 is 5.91 Å². The van der Waals surface area contributed by atoms with Crippen molar-refractivity contribution < 1.29 is 9.21 Å². The summed E-state index contributed by atoms with van der Waals surface area (Å²) in [5.74, 6) is 0.336. The van der Waals surface area contributed by atoms with Gasteiger partial charge in [0.2, 0.25) is 5.76 Å². The van der Waals surface area contributed by atoms with E-state index < -0.39 is 0 Å². The molecule has 13 heavy (non-hydrogen) atoms. The average Bonchev–Trinajstić information content (AvgIpc) is 2.42. The Hall–Kier alpha value is -1.76. The Morgan fingerprint density at radius 2 is 2.15 bits per heavy atom. The van der Waals surface area contributed by atoms with Gasteiger partial charge in [-0.15, -0.1) is 0 Å². The van der Waals surface area contributed by atoms with Gasteiger partial charge < -0.3 is 9.73 Å². The molecule has 0 atom stereocenters. The van der Waals surface area contributed by atoms with Gasteiger partial charge in [-0.05, 0) is 13.8 Å². The molecule has 0 aliphatic rings. The molecule has 0 saturated carbocycles. The lowest BCUT2D eigenvalue weighted by Gasteiger charge is -1.93. The van der Waals surface area contributed by atoms with Crippen LogP contribution in [0.15, 0.2) is 4.42 Å². The van der Waals surface area contributed by atoms with E-state index in [9.17, 15) is 4.79 Å². The van der Waals surface area contributed by atoms with E-state index in [2.05, 4.69) is 5.32 Å². The van der Waals surface area contributed by atoms with E-state index in [0.29, 0.717) is 11.3 Å². The zero-order chi connectivity index (χ0) is 10.0. The summed E-state index contributed by atoms with van der Waals surface area (Å²) in [6.07, 6.45) is 0. The monoisotopic (exact) mass is 178 g/mol. The Labute approximate surface area is 76.2 Å². The fourth-order valence-corrected chi connectivity index (χ4v) is 1.04. The van der Waals surface area contributed by atoms with Crippen molar-refractivity contribution in [2.75, 3.05) is 7.05 Å². The lowest BCUT2D eigenvalue weighted by molar-refractivity contribution is 0.0934. The number of furan rings is 1. The van der Waals surface area contributed by atoms with Gasteiger partial charge in [-0.25, -0.2) is 0 Å². The lowest BCUT2D eigenvalue weighted by Crippen LogP contribution is -2.18. The Bertz CT molecular complexity index is 385. The van der Waals surface area contributed by atoms with E-state index in [-0.39, 0.29) is 11.7 Å². The summed E-state index contributed by atoms with van der Waals surface area (Å²) >= 11 is 0. The Morgan fingerprint density at radius 3 is 2.62 bits per heavy atom. The van der Waals surface area contributed by atoms with Gasteiger partial charge in [0, 0.05) is 12.6 Å². The first-order valence-corrected chi connectivity index (χ1v) is 3.84. The minimum absolute atomic E-state index is 0.0972. The molecule has 0 aliphatic carbocycles. The zero-order valence-corrected chi connectivity index (χ0v) is 7.76. The largest absolute Gasteiger partial charge is 0.454 e. The summed E-state index contributed by atoms with van der Waals surface area (Å²) in [6, 6.07) is 1.95. The number of amides is 1. The summed E-state index contributed by atoms with van der Waals surface area (Å²) in [5, 5.41) is 11.2. The van der Waals surface area contributed by atoms with Crippen LogP contribution in [0.4, 0.5) is 0 Å². The molecule has 1 N–H and O–H groups in total. The quantitative estimate of drug-likeness (QED) is 0.700. The second kappa shape index (κ2) is 3.31. The fraction of sp³-hybridized carbons (Fsp3) is 0.333. The Kier molecular flexibility index (Phi) is 2.38. The van der Waals surface area contributed by atoms with Crippen LogP contribution in [-0.4, -0.2) is 13.0 Å². The first kappa shape index (κ1) is 9.33. The maximum Gasteiger partial charge on any atom is 0.288 e. The predicted octanol–water partition coefficient (Wildman–Crippen LogP) is 1.13. The van der Waals surface area contributed by atoms with Crippen molar-refractivity contribution in [1.82, 2.24) is 5.32 Å². The SMILES string of the molecule is CNC(=O)c1oc(C)c(C)c1C#N. The van der Waals surface area contributed by atoms with Gasteiger partial charge >= 0.3 is 0 Å². The van der Waals surface area contributed by atoms with Crippen molar-refractivity contribution in [3.63, 3.8) is 0 Å². The summed E-state index contributed by atoms with van der Waals surface area (Å²) < 4.78 is 5.15. The molecule has 1 heterocycles. The van der Waals surface area contributed by atoms with E-state index in [1.807, 2.05) is 6.07 Å². The molecular formula is C9H10N2O2. The molecule has 1 rings (SSSR count). The second-order valence-electron chi connectivity index (χ2n) is 2.68.